The van der Waals surface area contributed by atoms with Crippen LogP contribution in [0.4, 0.5) is 0 Å². The second-order valence-electron chi connectivity index (χ2n) is 8.47. The highest BCUT2D eigenvalue weighted by Crippen LogP contribution is 2.39. The van der Waals surface area contributed by atoms with Gasteiger partial charge in [-0.2, -0.15) is 0 Å². The third kappa shape index (κ3) is 3.82. The van der Waals surface area contributed by atoms with Crippen molar-refractivity contribution in [3.05, 3.63) is 54.1 Å². The number of piperidine rings is 1. The smallest absolute Gasteiger partial charge is 0.0936 e. The summed E-state index contributed by atoms with van der Waals surface area (Å²) in [6.07, 6.45) is 16.4. The van der Waals surface area contributed by atoms with Gasteiger partial charge in [0.1, 0.15) is 0 Å². The van der Waals surface area contributed by atoms with Crippen molar-refractivity contribution in [3.63, 3.8) is 0 Å². The Hall–Kier alpha value is -1.38. The number of benzene rings is 1. The Bertz CT molecular complexity index is 643. The molecule has 0 amide bonds. The van der Waals surface area contributed by atoms with Crippen LogP contribution in [0.15, 0.2) is 48.6 Å². The molecule has 0 bridgehead atoms. The molecule has 2 atom stereocenters. The number of hydrogen-bond donors (Lipinski definition) is 0. The van der Waals surface area contributed by atoms with Crippen molar-refractivity contribution >= 4 is 5.57 Å². The molecule has 2 unspecified atom stereocenters. The van der Waals surface area contributed by atoms with Crippen LogP contribution in [0.1, 0.15) is 50.5 Å². The summed E-state index contributed by atoms with van der Waals surface area (Å²) < 4.78 is 6.16. The molecule has 1 saturated heterocycles. The fourth-order valence-electron chi connectivity index (χ4n) is 5.28. The zero-order valence-corrected chi connectivity index (χ0v) is 16.2. The van der Waals surface area contributed by atoms with Crippen LogP contribution in [0.5, 0.6) is 0 Å². The topological polar surface area (TPSA) is 12.5 Å². The monoisotopic (exact) mass is 351 g/mol. The van der Waals surface area contributed by atoms with Crippen LogP contribution in [0, 0.1) is 11.8 Å². The molecular weight excluding hydrogens is 318 g/mol. The number of rotatable bonds is 5. The highest BCUT2D eigenvalue weighted by molar-refractivity contribution is 5.75. The Morgan fingerprint density at radius 3 is 2.58 bits per heavy atom. The van der Waals surface area contributed by atoms with E-state index in [1.54, 1.807) is 0 Å². The summed E-state index contributed by atoms with van der Waals surface area (Å²) in [7, 11) is 1.90. The Labute approximate surface area is 158 Å². The molecule has 2 aliphatic carbocycles. The van der Waals surface area contributed by atoms with E-state index in [0.717, 1.165) is 12.3 Å². The van der Waals surface area contributed by atoms with E-state index in [-0.39, 0.29) is 5.60 Å². The molecule has 0 spiro atoms. The van der Waals surface area contributed by atoms with Crippen molar-refractivity contribution in [1.82, 2.24) is 4.90 Å². The Kier molecular flexibility index (Phi) is 5.61. The van der Waals surface area contributed by atoms with E-state index in [4.69, 9.17) is 4.74 Å². The lowest BCUT2D eigenvalue weighted by Crippen LogP contribution is -2.49. The Morgan fingerprint density at radius 2 is 1.88 bits per heavy atom. The highest BCUT2D eigenvalue weighted by atomic mass is 16.5. The summed E-state index contributed by atoms with van der Waals surface area (Å²) in [5.41, 5.74) is 2.52. The molecule has 140 valence electrons. The minimum Gasteiger partial charge on any atom is -0.373 e. The quantitative estimate of drug-likeness (QED) is 0.712. The lowest BCUT2D eigenvalue weighted by molar-refractivity contribution is -0.0441. The van der Waals surface area contributed by atoms with Crippen molar-refractivity contribution in [2.24, 2.45) is 11.8 Å². The second kappa shape index (κ2) is 8.10. The molecule has 1 aliphatic heterocycles. The molecule has 4 rings (SSSR count). The minimum atomic E-state index is -0.118. The standard InChI is InChI=1S/C24H33NO/c1-26-24(15-13-22(14-16-24)21-10-3-2-4-11-21)23-12-7-17-25(19-23)18-20-8-5-6-9-20/h2-4,10-11,13-15,20,23H,5-9,12,16-19H2,1H3. The van der Waals surface area contributed by atoms with Crippen molar-refractivity contribution in [2.75, 3.05) is 26.7 Å². The molecule has 1 heterocycles. The van der Waals surface area contributed by atoms with Gasteiger partial charge in [0.15, 0.2) is 0 Å². The van der Waals surface area contributed by atoms with Gasteiger partial charge < -0.3 is 9.64 Å². The molecule has 0 aromatic heterocycles. The average Bonchev–Trinajstić information content (AvgIpc) is 3.22. The number of methoxy groups -OCH3 is 1. The zero-order valence-electron chi connectivity index (χ0n) is 16.2. The van der Waals surface area contributed by atoms with Gasteiger partial charge in [0.05, 0.1) is 5.60 Å². The molecular formula is C24H33NO. The van der Waals surface area contributed by atoms with E-state index < -0.39 is 0 Å². The van der Waals surface area contributed by atoms with Crippen molar-refractivity contribution < 1.29 is 4.74 Å². The van der Waals surface area contributed by atoms with Crippen molar-refractivity contribution in [1.29, 1.82) is 0 Å². The third-order valence-electron chi connectivity index (χ3n) is 6.86. The SMILES string of the molecule is COC1(C2CCCN(CC3CCCC3)C2)C=CC(c2ccccc2)=CC1. The van der Waals surface area contributed by atoms with Gasteiger partial charge in [0.2, 0.25) is 0 Å². The summed E-state index contributed by atoms with van der Waals surface area (Å²) in [6.45, 7) is 3.79. The van der Waals surface area contributed by atoms with Gasteiger partial charge in [-0.1, -0.05) is 61.4 Å². The van der Waals surface area contributed by atoms with E-state index in [1.807, 2.05) is 7.11 Å². The predicted molar refractivity (Wildman–Crippen MR) is 109 cm³/mol. The predicted octanol–water partition coefficient (Wildman–Crippen LogP) is 5.32. The highest BCUT2D eigenvalue weighted by Gasteiger charge is 2.40. The van der Waals surface area contributed by atoms with Crippen LogP contribution in [0.2, 0.25) is 0 Å². The van der Waals surface area contributed by atoms with E-state index >= 15 is 0 Å². The van der Waals surface area contributed by atoms with Gasteiger partial charge in [-0.05, 0) is 55.7 Å². The van der Waals surface area contributed by atoms with E-state index in [2.05, 4.69) is 53.5 Å². The normalized spacial score (nSPS) is 30.5. The molecule has 26 heavy (non-hydrogen) atoms. The van der Waals surface area contributed by atoms with Crippen LogP contribution < -0.4 is 0 Å². The first kappa shape index (κ1) is 18.0. The average molecular weight is 352 g/mol. The second-order valence-corrected chi connectivity index (χ2v) is 8.47. The first-order valence-corrected chi connectivity index (χ1v) is 10.5. The van der Waals surface area contributed by atoms with Gasteiger partial charge in [-0.3, -0.25) is 0 Å². The van der Waals surface area contributed by atoms with Crippen LogP contribution in [-0.4, -0.2) is 37.2 Å². The van der Waals surface area contributed by atoms with Gasteiger partial charge >= 0.3 is 0 Å². The molecule has 3 aliphatic rings. The maximum Gasteiger partial charge on any atom is 0.0936 e. The third-order valence-corrected chi connectivity index (χ3v) is 6.86. The summed E-state index contributed by atoms with van der Waals surface area (Å²) >= 11 is 0. The number of likely N-dealkylation sites (tertiary alicyclic amines) is 1. The number of allylic oxidation sites excluding steroid dienone is 2. The van der Waals surface area contributed by atoms with Crippen molar-refractivity contribution in [3.8, 4) is 0 Å². The van der Waals surface area contributed by atoms with Crippen LogP contribution in [0.25, 0.3) is 5.57 Å². The van der Waals surface area contributed by atoms with Crippen molar-refractivity contribution in [2.45, 2.75) is 50.5 Å². The van der Waals surface area contributed by atoms with E-state index in [1.165, 1.54) is 69.3 Å². The van der Waals surface area contributed by atoms with E-state index in [9.17, 15) is 0 Å². The Balaban J connectivity index is 1.43. The summed E-state index contributed by atoms with van der Waals surface area (Å²) in [5, 5.41) is 0. The molecule has 0 N–H and O–H groups in total. The van der Waals surface area contributed by atoms with Gasteiger partial charge in [0.25, 0.3) is 0 Å². The van der Waals surface area contributed by atoms with Crippen LogP contribution in [-0.2, 0) is 4.74 Å². The largest absolute Gasteiger partial charge is 0.373 e. The van der Waals surface area contributed by atoms with Gasteiger partial charge in [-0.25, -0.2) is 0 Å². The first-order chi connectivity index (χ1) is 12.8. The fourth-order valence-corrected chi connectivity index (χ4v) is 5.28. The Morgan fingerprint density at radius 1 is 1.08 bits per heavy atom. The summed E-state index contributed by atoms with van der Waals surface area (Å²) in [5.74, 6) is 1.55. The molecule has 1 aromatic carbocycles. The number of hydrogen-bond acceptors (Lipinski definition) is 2. The molecule has 2 fully saturated rings. The molecule has 1 saturated carbocycles. The summed E-state index contributed by atoms with van der Waals surface area (Å²) in [4.78, 5) is 2.73. The molecule has 0 radical (unpaired) electrons. The number of nitrogens with zero attached hydrogens (tertiary/aromatic N) is 1. The summed E-state index contributed by atoms with van der Waals surface area (Å²) in [6, 6.07) is 10.7. The molecule has 2 nitrogen and oxygen atoms in total. The molecule has 2 heteroatoms. The maximum atomic E-state index is 6.16. The maximum absolute atomic E-state index is 6.16. The van der Waals surface area contributed by atoms with Crippen LogP contribution >= 0.6 is 0 Å². The fraction of sp³-hybridized carbons (Fsp3) is 0.583. The number of ether oxygens (including phenoxy) is 1. The lowest BCUT2D eigenvalue weighted by Gasteiger charge is -2.44. The molecule has 1 aromatic rings. The zero-order chi connectivity index (χ0) is 17.8. The van der Waals surface area contributed by atoms with Crippen LogP contribution in [0.3, 0.4) is 0 Å². The lowest BCUT2D eigenvalue weighted by atomic mass is 9.76. The van der Waals surface area contributed by atoms with Gasteiger partial charge in [-0.15, -0.1) is 0 Å². The van der Waals surface area contributed by atoms with Gasteiger partial charge in [0, 0.05) is 26.1 Å². The van der Waals surface area contributed by atoms with E-state index in [0.29, 0.717) is 5.92 Å². The minimum absolute atomic E-state index is 0.118. The first-order valence-electron chi connectivity index (χ1n) is 10.5.